The number of halogens is 4. The fourth-order valence-corrected chi connectivity index (χ4v) is 2.64. The number of nitrogens with zero attached hydrogens (tertiary/aromatic N) is 1. The molecule has 0 atom stereocenters. The Kier molecular flexibility index (Phi) is 5.49. The van der Waals surface area contributed by atoms with Gasteiger partial charge in [-0.2, -0.15) is 18.4 Å². The predicted molar refractivity (Wildman–Crippen MR) is 71.5 cm³/mol. The standard InChI is InChI=1S/C11H7F3INO2S/c1-18-10(17)4-6-7(5-16)8(15)2-3-9(6)19-11(12,13)14/h2-3H,4H2,1H3. The van der Waals surface area contributed by atoms with Crippen molar-refractivity contribution >= 4 is 40.3 Å². The second-order valence-electron chi connectivity index (χ2n) is 3.31. The van der Waals surface area contributed by atoms with Crippen LogP contribution in [0, 0.1) is 14.9 Å². The van der Waals surface area contributed by atoms with Gasteiger partial charge in [0.1, 0.15) is 6.07 Å². The third kappa shape index (κ3) is 4.58. The molecule has 3 nitrogen and oxygen atoms in total. The maximum Gasteiger partial charge on any atom is 0.446 e. The van der Waals surface area contributed by atoms with E-state index in [1.54, 1.807) is 0 Å². The highest BCUT2D eigenvalue weighted by Crippen LogP contribution is 2.40. The smallest absolute Gasteiger partial charge is 0.446 e. The van der Waals surface area contributed by atoms with Gasteiger partial charge in [-0.25, -0.2) is 0 Å². The van der Waals surface area contributed by atoms with Gasteiger partial charge in [0.15, 0.2) is 0 Å². The second kappa shape index (κ2) is 6.47. The Labute approximate surface area is 125 Å². The average Bonchev–Trinajstić information content (AvgIpc) is 2.31. The number of methoxy groups -OCH3 is 1. The van der Waals surface area contributed by atoms with Crippen LogP contribution in [-0.2, 0) is 16.0 Å². The lowest BCUT2D eigenvalue weighted by molar-refractivity contribution is -0.139. The minimum atomic E-state index is -4.48. The number of alkyl halides is 3. The number of hydrogen-bond acceptors (Lipinski definition) is 4. The summed E-state index contributed by atoms with van der Waals surface area (Å²) in [5.41, 5.74) is -4.37. The van der Waals surface area contributed by atoms with Crippen molar-refractivity contribution in [2.75, 3.05) is 7.11 Å². The number of carbonyl (C=O) groups excluding carboxylic acids is 1. The van der Waals surface area contributed by atoms with Crippen molar-refractivity contribution in [2.24, 2.45) is 0 Å². The summed E-state index contributed by atoms with van der Waals surface area (Å²) in [6.07, 6.45) is -0.366. The molecule has 0 unspecified atom stereocenters. The molecule has 0 spiro atoms. The number of nitriles is 1. The monoisotopic (exact) mass is 401 g/mol. The van der Waals surface area contributed by atoms with E-state index >= 15 is 0 Å². The molecule has 0 aliphatic rings. The number of esters is 1. The minimum Gasteiger partial charge on any atom is -0.469 e. The van der Waals surface area contributed by atoms with Crippen LogP contribution in [-0.4, -0.2) is 18.6 Å². The van der Waals surface area contributed by atoms with Crippen molar-refractivity contribution in [3.8, 4) is 6.07 Å². The molecule has 0 aliphatic carbocycles. The van der Waals surface area contributed by atoms with Crippen LogP contribution >= 0.6 is 34.4 Å². The minimum absolute atomic E-state index is 0.0450. The summed E-state index contributed by atoms with van der Waals surface area (Å²) in [4.78, 5) is 11.1. The molecule has 0 amide bonds. The van der Waals surface area contributed by atoms with Gasteiger partial charge in [-0.05, 0) is 52.0 Å². The summed E-state index contributed by atoms with van der Waals surface area (Å²) in [6.45, 7) is 0. The van der Waals surface area contributed by atoms with Gasteiger partial charge in [0.2, 0.25) is 0 Å². The lowest BCUT2D eigenvalue weighted by Crippen LogP contribution is -2.10. The lowest BCUT2D eigenvalue weighted by Gasteiger charge is -2.13. The third-order valence-corrected chi connectivity index (χ3v) is 3.84. The van der Waals surface area contributed by atoms with Gasteiger partial charge in [-0.15, -0.1) is 0 Å². The maximum absolute atomic E-state index is 12.4. The first-order valence-electron chi connectivity index (χ1n) is 4.82. The van der Waals surface area contributed by atoms with Crippen LogP contribution < -0.4 is 0 Å². The maximum atomic E-state index is 12.4. The number of benzene rings is 1. The Hall–Kier alpha value is -0.950. The zero-order valence-electron chi connectivity index (χ0n) is 9.55. The molecule has 0 saturated carbocycles. The summed E-state index contributed by atoms with van der Waals surface area (Å²) >= 11 is 1.49. The summed E-state index contributed by atoms with van der Waals surface area (Å²) in [7, 11) is 1.14. The Morgan fingerprint density at radius 1 is 1.53 bits per heavy atom. The van der Waals surface area contributed by atoms with Gasteiger partial charge in [-0.1, -0.05) is 0 Å². The van der Waals surface area contributed by atoms with Gasteiger partial charge in [0, 0.05) is 8.47 Å². The van der Waals surface area contributed by atoms with E-state index in [1.165, 1.54) is 12.1 Å². The largest absolute Gasteiger partial charge is 0.469 e. The topological polar surface area (TPSA) is 50.1 Å². The first-order valence-corrected chi connectivity index (χ1v) is 6.72. The third-order valence-electron chi connectivity index (χ3n) is 2.11. The van der Waals surface area contributed by atoms with Crippen LogP contribution in [0.25, 0.3) is 0 Å². The van der Waals surface area contributed by atoms with Gasteiger partial charge < -0.3 is 4.74 Å². The van der Waals surface area contributed by atoms with Gasteiger partial charge in [0.25, 0.3) is 0 Å². The quantitative estimate of drug-likeness (QED) is 0.442. The highest BCUT2D eigenvalue weighted by atomic mass is 127. The Morgan fingerprint density at radius 2 is 2.16 bits per heavy atom. The normalized spacial score (nSPS) is 10.9. The van der Waals surface area contributed by atoms with E-state index in [0.717, 1.165) is 7.11 Å². The molecule has 0 aliphatic heterocycles. The first kappa shape index (κ1) is 16.1. The molecule has 0 radical (unpaired) electrons. The van der Waals surface area contributed by atoms with Gasteiger partial charge in [0.05, 0.1) is 19.1 Å². The number of ether oxygens (including phenoxy) is 1. The van der Waals surface area contributed by atoms with E-state index in [9.17, 15) is 18.0 Å². The van der Waals surface area contributed by atoms with Crippen molar-refractivity contribution in [1.29, 1.82) is 5.26 Å². The van der Waals surface area contributed by atoms with Crippen LogP contribution in [0.15, 0.2) is 17.0 Å². The van der Waals surface area contributed by atoms with Gasteiger partial charge in [-0.3, -0.25) is 4.79 Å². The molecule has 1 rings (SSSR count). The summed E-state index contributed by atoms with van der Waals surface area (Å²) in [6, 6.07) is 4.48. The molecule has 0 fully saturated rings. The molecule has 8 heteroatoms. The van der Waals surface area contributed by atoms with E-state index in [4.69, 9.17) is 5.26 Å². The van der Waals surface area contributed by atoms with Crippen molar-refractivity contribution in [3.63, 3.8) is 0 Å². The highest BCUT2D eigenvalue weighted by molar-refractivity contribution is 14.1. The summed E-state index contributed by atoms with van der Waals surface area (Å²) < 4.78 is 42.2. The van der Waals surface area contributed by atoms with Crippen LogP contribution in [0.1, 0.15) is 11.1 Å². The van der Waals surface area contributed by atoms with Crippen LogP contribution in [0.5, 0.6) is 0 Å². The number of hydrogen-bond donors (Lipinski definition) is 0. The van der Waals surface area contributed by atoms with Crippen molar-refractivity contribution in [1.82, 2.24) is 0 Å². The van der Waals surface area contributed by atoms with E-state index in [1.807, 2.05) is 28.7 Å². The summed E-state index contributed by atoms with van der Waals surface area (Å²) in [5.74, 6) is -0.692. The molecule has 0 aromatic heterocycles. The number of thioether (sulfide) groups is 1. The second-order valence-corrected chi connectivity index (χ2v) is 5.58. The summed E-state index contributed by atoms with van der Waals surface area (Å²) in [5, 5.41) is 9.01. The molecular formula is C11H7F3INO2S. The Bertz CT molecular complexity index is 540. The zero-order chi connectivity index (χ0) is 14.6. The highest BCUT2D eigenvalue weighted by Gasteiger charge is 2.31. The molecule has 1 aromatic rings. The molecule has 0 heterocycles. The van der Waals surface area contributed by atoms with Crippen molar-refractivity contribution < 1.29 is 22.7 Å². The lowest BCUT2D eigenvalue weighted by atomic mass is 10.1. The molecule has 0 saturated heterocycles. The molecule has 1 aromatic carbocycles. The number of carbonyl (C=O) groups is 1. The van der Waals surface area contributed by atoms with Gasteiger partial charge >= 0.3 is 11.5 Å². The SMILES string of the molecule is COC(=O)Cc1c(SC(F)(F)F)ccc(I)c1C#N. The Balaban J connectivity index is 3.31. The van der Waals surface area contributed by atoms with Crippen molar-refractivity contribution in [3.05, 3.63) is 26.8 Å². The zero-order valence-corrected chi connectivity index (χ0v) is 12.5. The van der Waals surface area contributed by atoms with E-state index in [-0.39, 0.29) is 34.2 Å². The molecule has 19 heavy (non-hydrogen) atoms. The molecule has 0 bridgehead atoms. The van der Waals surface area contributed by atoms with E-state index in [2.05, 4.69) is 4.74 Å². The van der Waals surface area contributed by atoms with E-state index in [0.29, 0.717) is 3.57 Å². The molecule has 102 valence electrons. The van der Waals surface area contributed by atoms with E-state index < -0.39 is 11.5 Å². The van der Waals surface area contributed by atoms with Crippen LogP contribution in [0.2, 0.25) is 0 Å². The predicted octanol–water partition coefficient (Wildman–Crippen LogP) is 3.49. The Morgan fingerprint density at radius 3 is 2.63 bits per heavy atom. The fraction of sp³-hybridized carbons (Fsp3) is 0.273. The van der Waals surface area contributed by atoms with Crippen LogP contribution in [0.4, 0.5) is 13.2 Å². The first-order chi connectivity index (χ1) is 8.78. The van der Waals surface area contributed by atoms with Crippen LogP contribution in [0.3, 0.4) is 0 Å². The fourth-order valence-electron chi connectivity index (χ4n) is 1.33. The molecular weight excluding hydrogens is 394 g/mol. The molecule has 0 N–H and O–H groups in total. The number of rotatable bonds is 3. The van der Waals surface area contributed by atoms with Crippen molar-refractivity contribution in [2.45, 2.75) is 16.8 Å². The average molecular weight is 401 g/mol.